The molecule has 0 bridgehead atoms. The molecule has 6 nitrogen and oxygen atoms in total. The van der Waals surface area contributed by atoms with Gasteiger partial charge in [-0.1, -0.05) is 25.5 Å². The molecule has 3 rings (SSSR count). The second kappa shape index (κ2) is 9.84. The number of carbonyl (C=O) groups is 2. The summed E-state index contributed by atoms with van der Waals surface area (Å²) in [4.78, 5) is 29.7. The fraction of sp³-hybridized carbons (Fsp3) is 0.450. The largest absolute Gasteiger partial charge is 0.535 e. The summed E-state index contributed by atoms with van der Waals surface area (Å²) in [6.45, 7) is 2.38. The summed E-state index contributed by atoms with van der Waals surface area (Å²) in [5.74, 6) is -0.325. The number of para-hydroxylation sites is 1. The molecule has 0 fully saturated rings. The lowest BCUT2D eigenvalue weighted by Crippen LogP contribution is -2.36. The first-order chi connectivity index (χ1) is 13.6. The average Bonchev–Trinajstić information content (AvgIpc) is 3.20. The van der Waals surface area contributed by atoms with Crippen molar-refractivity contribution in [3.63, 3.8) is 0 Å². The number of thiazole rings is 1. The van der Waals surface area contributed by atoms with Crippen molar-refractivity contribution in [3.8, 4) is 5.75 Å². The zero-order valence-electron chi connectivity index (χ0n) is 15.9. The van der Waals surface area contributed by atoms with Crippen molar-refractivity contribution in [3.05, 3.63) is 45.9 Å². The standard InChI is InChI=1S/C20H24BNO5S/c1-2-3-9-26-20(24)18-6-4-5-14-10-15(21(25)27-19(14)18)11-16(23)7-8-17-12-22-13-28-17/h4-6,12-13,15,25H,2-3,7-11H2,1H3/t15-/m1/s1. The van der Waals surface area contributed by atoms with Crippen molar-refractivity contribution in [2.24, 2.45) is 0 Å². The minimum absolute atomic E-state index is 0.0830. The first-order valence-electron chi connectivity index (χ1n) is 9.61. The van der Waals surface area contributed by atoms with Crippen LogP contribution in [0, 0.1) is 0 Å². The molecule has 0 amide bonds. The van der Waals surface area contributed by atoms with E-state index >= 15 is 0 Å². The molecule has 2 heterocycles. The first-order valence-corrected chi connectivity index (χ1v) is 10.5. The van der Waals surface area contributed by atoms with Gasteiger partial charge in [-0.05, 0) is 30.9 Å². The molecule has 148 valence electrons. The predicted molar refractivity (Wildman–Crippen MR) is 108 cm³/mol. The Labute approximate surface area is 169 Å². The van der Waals surface area contributed by atoms with E-state index in [1.165, 1.54) is 11.3 Å². The van der Waals surface area contributed by atoms with Crippen LogP contribution in [0.4, 0.5) is 0 Å². The van der Waals surface area contributed by atoms with E-state index in [1.807, 2.05) is 13.0 Å². The summed E-state index contributed by atoms with van der Waals surface area (Å²) in [6.07, 6.45) is 5.32. The second-order valence-corrected chi connectivity index (χ2v) is 7.94. The Bertz CT molecular complexity index is 811. The Morgan fingerprint density at radius 3 is 3.04 bits per heavy atom. The van der Waals surface area contributed by atoms with Gasteiger partial charge in [-0.2, -0.15) is 0 Å². The van der Waals surface area contributed by atoms with E-state index in [0.29, 0.717) is 37.2 Å². The number of ketones is 1. The van der Waals surface area contributed by atoms with Gasteiger partial charge in [0.2, 0.25) is 0 Å². The lowest BCUT2D eigenvalue weighted by atomic mass is 9.64. The Balaban J connectivity index is 1.61. The van der Waals surface area contributed by atoms with Crippen LogP contribution in [0.3, 0.4) is 0 Å². The number of aryl methyl sites for hydroxylation is 1. The van der Waals surface area contributed by atoms with Gasteiger partial charge in [0.15, 0.2) is 0 Å². The monoisotopic (exact) mass is 401 g/mol. The molecule has 0 saturated heterocycles. The number of aromatic nitrogens is 1. The number of fused-ring (bicyclic) bond motifs is 1. The van der Waals surface area contributed by atoms with E-state index in [0.717, 1.165) is 23.3 Å². The van der Waals surface area contributed by atoms with Crippen molar-refractivity contribution in [2.45, 2.75) is 51.3 Å². The van der Waals surface area contributed by atoms with Crippen molar-refractivity contribution in [2.75, 3.05) is 6.61 Å². The number of Topliss-reactive ketones (excluding diaryl/α,β-unsaturated/α-hetero) is 1. The topological polar surface area (TPSA) is 85.7 Å². The minimum Gasteiger partial charge on any atom is -0.535 e. The summed E-state index contributed by atoms with van der Waals surface area (Å²) < 4.78 is 10.9. The van der Waals surface area contributed by atoms with E-state index in [1.54, 1.807) is 23.8 Å². The van der Waals surface area contributed by atoms with Gasteiger partial charge < -0.3 is 14.4 Å². The third-order valence-corrected chi connectivity index (χ3v) is 5.63. The summed E-state index contributed by atoms with van der Waals surface area (Å²) in [6, 6.07) is 5.28. The third-order valence-electron chi connectivity index (χ3n) is 4.80. The van der Waals surface area contributed by atoms with Crippen molar-refractivity contribution in [1.82, 2.24) is 4.98 Å². The molecule has 1 atom stereocenters. The van der Waals surface area contributed by atoms with E-state index in [9.17, 15) is 14.6 Å². The molecule has 0 saturated carbocycles. The van der Waals surface area contributed by atoms with Crippen LogP contribution >= 0.6 is 11.3 Å². The molecule has 1 N–H and O–H groups in total. The van der Waals surface area contributed by atoms with Gasteiger partial charge in [0, 0.05) is 29.7 Å². The maximum Gasteiger partial charge on any atom is 0.526 e. The lowest BCUT2D eigenvalue weighted by Gasteiger charge is -2.28. The number of carbonyl (C=O) groups excluding carboxylic acids is 2. The lowest BCUT2D eigenvalue weighted by molar-refractivity contribution is -0.119. The molecule has 0 aliphatic carbocycles. The van der Waals surface area contributed by atoms with Crippen molar-refractivity contribution >= 4 is 30.2 Å². The fourth-order valence-electron chi connectivity index (χ4n) is 3.23. The molecule has 0 unspecified atom stereocenters. The number of nitrogens with zero attached hydrogens (tertiary/aromatic N) is 1. The quantitative estimate of drug-likeness (QED) is 0.393. The number of esters is 1. The Morgan fingerprint density at radius 1 is 1.43 bits per heavy atom. The van der Waals surface area contributed by atoms with Gasteiger partial charge in [-0.3, -0.25) is 9.78 Å². The highest BCUT2D eigenvalue weighted by molar-refractivity contribution is 7.09. The van der Waals surface area contributed by atoms with Crippen LogP contribution in [0.25, 0.3) is 0 Å². The van der Waals surface area contributed by atoms with Gasteiger partial charge in [-0.15, -0.1) is 11.3 Å². The molecule has 2 aromatic rings. The third kappa shape index (κ3) is 5.20. The summed E-state index contributed by atoms with van der Waals surface area (Å²) in [5.41, 5.74) is 2.89. The smallest absolute Gasteiger partial charge is 0.526 e. The Kier molecular flexibility index (Phi) is 7.22. The van der Waals surface area contributed by atoms with Crippen LogP contribution in [0.2, 0.25) is 5.82 Å². The van der Waals surface area contributed by atoms with Gasteiger partial charge in [0.25, 0.3) is 0 Å². The number of rotatable bonds is 9. The number of hydrogen-bond acceptors (Lipinski definition) is 7. The van der Waals surface area contributed by atoms with E-state index in [-0.39, 0.29) is 18.0 Å². The van der Waals surface area contributed by atoms with E-state index in [2.05, 4.69) is 4.98 Å². The van der Waals surface area contributed by atoms with Crippen LogP contribution in [0.5, 0.6) is 5.75 Å². The van der Waals surface area contributed by atoms with Crippen molar-refractivity contribution in [1.29, 1.82) is 0 Å². The average molecular weight is 401 g/mol. The highest BCUT2D eigenvalue weighted by Gasteiger charge is 2.37. The molecule has 1 aromatic carbocycles. The number of benzene rings is 1. The molecule has 0 radical (unpaired) electrons. The van der Waals surface area contributed by atoms with E-state index in [4.69, 9.17) is 9.39 Å². The highest BCUT2D eigenvalue weighted by atomic mass is 32.1. The number of hydrogen-bond donors (Lipinski definition) is 1. The van der Waals surface area contributed by atoms with E-state index < -0.39 is 13.1 Å². The molecule has 28 heavy (non-hydrogen) atoms. The van der Waals surface area contributed by atoms with Gasteiger partial charge in [-0.25, -0.2) is 4.79 Å². The molecule has 1 aliphatic heterocycles. The summed E-state index contributed by atoms with van der Waals surface area (Å²) in [7, 11) is -1.12. The molecule has 0 spiro atoms. The molecule has 1 aliphatic rings. The second-order valence-electron chi connectivity index (χ2n) is 6.97. The van der Waals surface area contributed by atoms with Crippen molar-refractivity contribution < 1.29 is 24.0 Å². The molecule has 1 aromatic heterocycles. The minimum atomic E-state index is -1.12. The summed E-state index contributed by atoms with van der Waals surface area (Å²) in [5, 5.41) is 10.4. The SMILES string of the molecule is CCCCOC(=O)c1cccc2c1OB(O)[C@@H](CC(=O)CCc1cncs1)C2. The molecular formula is C20H24BNO5S. The Hall–Kier alpha value is -2.19. The zero-order valence-corrected chi connectivity index (χ0v) is 16.7. The van der Waals surface area contributed by atoms with Crippen LogP contribution in [0.15, 0.2) is 29.9 Å². The van der Waals surface area contributed by atoms with Crippen LogP contribution < -0.4 is 4.65 Å². The maximum absolute atomic E-state index is 12.3. The summed E-state index contributed by atoms with van der Waals surface area (Å²) >= 11 is 1.53. The Morgan fingerprint density at radius 2 is 2.29 bits per heavy atom. The van der Waals surface area contributed by atoms with Gasteiger partial charge in [0.05, 0.1) is 12.1 Å². The molecular weight excluding hydrogens is 377 g/mol. The van der Waals surface area contributed by atoms with Gasteiger partial charge >= 0.3 is 13.1 Å². The van der Waals surface area contributed by atoms with Crippen LogP contribution in [-0.4, -0.2) is 35.5 Å². The number of unbranched alkanes of at least 4 members (excludes halogenated alkanes) is 1. The fourth-order valence-corrected chi connectivity index (χ4v) is 3.83. The predicted octanol–water partition coefficient (Wildman–Crippen LogP) is 3.48. The first kappa shape index (κ1) is 20.5. The maximum atomic E-state index is 12.3. The highest BCUT2D eigenvalue weighted by Crippen LogP contribution is 2.36. The van der Waals surface area contributed by atoms with Crippen LogP contribution in [0.1, 0.15) is 53.4 Å². The van der Waals surface area contributed by atoms with Gasteiger partial charge in [0.1, 0.15) is 17.1 Å². The zero-order chi connectivity index (χ0) is 19.9. The van der Waals surface area contributed by atoms with Crippen LogP contribution in [-0.2, 0) is 22.4 Å². The molecule has 8 heteroatoms. The number of ether oxygens (including phenoxy) is 1. The normalized spacial score (nSPS) is 15.6.